The summed E-state index contributed by atoms with van der Waals surface area (Å²) in [6.07, 6.45) is 3.11. The van der Waals surface area contributed by atoms with Crippen LogP contribution in [0.1, 0.15) is 21.9 Å². The SMILES string of the molecule is COC(=O)c1oc(CSc2nccnc2N)cc1C. The van der Waals surface area contributed by atoms with E-state index in [9.17, 15) is 4.79 Å². The summed E-state index contributed by atoms with van der Waals surface area (Å²) < 4.78 is 10.1. The number of carbonyl (C=O) groups excluding carboxylic acids is 1. The molecule has 2 aromatic rings. The summed E-state index contributed by atoms with van der Waals surface area (Å²) in [6.45, 7) is 1.79. The number of hydrogen-bond donors (Lipinski definition) is 1. The van der Waals surface area contributed by atoms with Crippen LogP contribution in [0.5, 0.6) is 0 Å². The first kappa shape index (κ1) is 13.4. The normalized spacial score (nSPS) is 10.4. The maximum absolute atomic E-state index is 11.4. The van der Waals surface area contributed by atoms with Crippen molar-refractivity contribution in [2.75, 3.05) is 12.8 Å². The second kappa shape index (κ2) is 5.75. The van der Waals surface area contributed by atoms with Crippen molar-refractivity contribution in [1.29, 1.82) is 0 Å². The highest BCUT2D eigenvalue weighted by molar-refractivity contribution is 7.98. The molecule has 0 saturated heterocycles. The molecule has 0 saturated carbocycles. The number of nitrogen functional groups attached to an aromatic ring is 1. The highest BCUT2D eigenvalue weighted by Gasteiger charge is 2.16. The summed E-state index contributed by atoms with van der Waals surface area (Å²) in [4.78, 5) is 19.5. The largest absolute Gasteiger partial charge is 0.463 e. The van der Waals surface area contributed by atoms with E-state index in [4.69, 9.17) is 10.2 Å². The van der Waals surface area contributed by atoms with E-state index in [1.807, 2.05) is 0 Å². The van der Waals surface area contributed by atoms with Crippen molar-refractivity contribution in [3.05, 3.63) is 35.5 Å². The van der Waals surface area contributed by atoms with Gasteiger partial charge in [-0.2, -0.15) is 0 Å². The van der Waals surface area contributed by atoms with Crippen LogP contribution < -0.4 is 5.73 Å². The quantitative estimate of drug-likeness (QED) is 0.676. The van der Waals surface area contributed by atoms with Crippen molar-refractivity contribution in [1.82, 2.24) is 9.97 Å². The van der Waals surface area contributed by atoms with Crippen molar-refractivity contribution >= 4 is 23.5 Å². The van der Waals surface area contributed by atoms with Gasteiger partial charge in [-0.3, -0.25) is 0 Å². The van der Waals surface area contributed by atoms with Crippen LogP contribution in [-0.2, 0) is 10.5 Å². The van der Waals surface area contributed by atoms with E-state index >= 15 is 0 Å². The number of nitrogens with two attached hydrogens (primary N) is 1. The van der Waals surface area contributed by atoms with Gasteiger partial charge < -0.3 is 14.9 Å². The van der Waals surface area contributed by atoms with Crippen LogP contribution in [0.15, 0.2) is 27.9 Å². The predicted octanol–water partition coefficient (Wildman–Crippen LogP) is 2.04. The second-order valence-corrected chi connectivity index (χ2v) is 4.72. The molecule has 7 heteroatoms. The summed E-state index contributed by atoms with van der Waals surface area (Å²) in [6, 6.07) is 1.80. The van der Waals surface area contributed by atoms with Gasteiger partial charge in [0, 0.05) is 18.0 Å². The molecule has 100 valence electrons. The third kappa shape index (κ3) is 3.05. The Bertz CT molecular complexity index is 598. The highest BCUT2D eigenvalue weighted by Crippen LogP contribution is 2.26. The van der Waals surface area contributed by atoms with Gasteiger partial charge in [-0.05, 0) is 13.0 Å². The van der Waals surface area contributed by atoms with Crippen LogP contribution in [0.4, 0.5) is 5.82 Å². The Kier molecular flexibility index (Phi) is 4.06. The number of nitrogens with zero attached hydrogens (tertiary/aromatic N) is 2. The third-order valence-corrected chi connectivity index (χ3v) is 3.40. The Morgan fingerprint density at radius 3 is 2.89 bits per heavy atom. The molecule has 6 nitrogen and oxygen atoms in total. The molecule has 0 bridgehead atoms. The number of esters is 1. The van der Waals surface area contributed by atoms with Crippen LogP contribution >= 0.6 is 11.8 Å². The van der Waals surface area contributed by atoms with Gasteiger partial charge in [0.05, 0.1) is 12.9 Å². The lowest BCUT2D eigenvalue weighted by Crippen LogP contribution is -2.00. The fraction of sp³-hybridized carbons (Fsp3) is 0.250. The van der Waals surface area contributed by atoms with Crippen LogP contribution in [0, 0.1) is 6.92 Å². The molecular weight excluding hydrogens is 266 g/mol. The Hall–Kier alpha value is -2.02. The number of aromatic nitrogens is 2. The van der Waals surface area contributed by atoms with Crippen LogP contribution in [0.25, 0.3) is 0 Å². The molecule has 2 aromatic heterocycles. The van der Waals surface area contributed by atoms with Crippen molar-refractivity contribution in [3.63, 3.8) is 0 Å². The van der Waals surface area contributed by atoms with E-state index in [0.29, 0.717) is 22.4 Å². The Labute approximate surface area is 114 Å². The van der Waals surface area contributed by atoms with Crippen molar-refractivity contribution in [2.24, 2.45) is 0 Å². The molecule has 0 atom stereocenters. The number of thioether (sulfide) groups is 1. The number of anilines is 1. The van der Waals surface area contributed by atoms with E-state index in [1.165, 1.54) is 25.1 Å². The van der Waals surface area contributed by atoms with Gasteiger partial charge in [-0.15, -0.1) is 0 Å². The number of furan rings is 1. The molecule has 0 fully saturated rings. The minimum absolute atomic E-state index is 0.227. The Morgan fingerprint density at radius 1 is 1.47 bits per heavy atom. The van der Waals surface area contributed by atoms with Crippen molar-refractivity contribution < 1.29 is 13.9 Å². The van der Waals surface area contributed by atoms with E-state index in [0.717, 1.165) is 5.56 Å². The second-order valence-electron chi connectivity index (χ2n) is 3.75. The lowest BCUT2D eigenvalue weighted by Gasteiger charge is -2.00. The summed E-state index contributed by atoms with van der Waals surface area (Å²) in [7, 11) is 1.32. The first-order valence-electron chi connectivity index (χ1n) is 5.48. The summed E-state index contributed by atoms with van der Waals surface area (Å²) in [5.74, 6) is 1.30. The van der Waals surface area contributed by atoms with Crippen LogP contribution in [0.3, 0.4) is 0 Å². The zero-order valence-corrected chi connectivity index (χ0v) is 11.4. The first-order chi connectivity index (χ1) is 9.11. The molecule has 0 radical (unpaired) electrons. The molecule has 0 unspecified atom stereocenters. The van der Waals surface area contributed by atoms with Crippen LogP contribution in [-0.4, -0.2) is 23.0 Å². The minimum Gasteiger partial charge on any atom is -0.463 e. The van der Waals surface area contributed by atoms with Gasteiger partial charge in [0.1, 0.15) is 10.8 Å². The molecule has 0 aliphatic heterocycles. The molecule has 0 aromatic carbocycles. The van der Waals surface area contributed by atoms with Gasteiger partial charge in [-0.25, -0.2) is 14.8 Å². The van der Waals surface area contributed by atoms with Gasteiger partial charge >= 0.3 is 5.97 Å². The Balaban J connectivity index is 2.09. The lowest BCUT2D eigenvalue weighted by atomic mass is 10.3. The van der Waals surface area contributed by atoms with E-state index in [-0.39, 0.29) is 5.76 Å². The number of rotatable bonds is 4. The zero-order valence-electron chi connectivity index (χ0n) is 10.5. The van der Waals surface area contributed by atoms with Gasteiger partial charge in [-0.1, -0.05) is 11.8 Å². The standard InChI is InChI=1S/C12H13N3O3S/c1-7-5-8(18-9(7)12(16)17-2)6-19-11-10(13)14-3-4-15-11/h3-5H,6H2,1-2H3,(H2,13,14). The van der Waals surface area contributed by atoms with Gasteiger partial charge in [0.15, 0.2) is 5.82 Å². The van der Waals surface area contributed by atoms with Crippen LogP contribution in [0.2, 0.25) is 0 Å². The first-order valence-corrected chi connectivity index (χ1v) is 6.47. The number of aryl methyl sites for hydroxylation is 1. The highest BCUT2D eigenvalue weighted by atomic mass is 32.2. The molecule has 2 N–H and O–H groups in total. The number of hydrogen-bond acceptors (Lipinski definition) is 7. The molecule has 2 rings (SSSR count). The van der Waals surface area contributed by atoms with E-state index in [1.54, 1.807) is 19.2 Å². The summed E-state index contributed by atoms with van der Waals surface area (Å²) >= 11 is 1.40. The molecular formula is C12H13N3O3S. The smallest absolute Gasteiger partial charge is 0.374 e. The van der Waals surface area contributed by atoms with Crippen molar-refractivity contribution in [3.8, 4) is 0 Å². The number of carbonyl (C=O) groups is 1. The average Bonchev–Trinajstić information content (AvgIpc) is 2.78. The average molecular weight is 279 g/mol. The fourth-order valence-electron chi connectivity index (χ4n) is 1.50. The molecule has 0 aliphatic carbocycles. The lowest BCUT2D eigenvalue weighted by molar-refractivity contribution is 0.0562. The van der Waals surface area contributed by atoms with Gasteiger partial charge in [0.25, 0.3) is 0 Å². The maximum Gasteiger partial charge on any atom is 0.374 e. The topological polar surface area (TPSA) is 91.2 Å². The summed E-state index contributed by atoms with van der Waals surface area (Å²) in [5.41, 5.74) is 6.44. The van der Waals surface area contributed by atoms with Gasteiger partial charge in [0.2, 0.25) is 5.76 Å². The molecule has 2 heterocycles. The molecule has 0 spiro atoms. The molecule has 19 heavy (non-hydrogen) atoms. The third-order valence-electron chi connectivity index (χ3n) is 2.38. The van der Waals surface area contributed by atoms with E-state index in [2.05, 4.69) is 14.7 Å². The molecule has 0 aliphatic rings. The fourth-order valence-corrected chi connectivity index (χ4v) is 2.26. The summed E-state index contributed by atoms with van der Waals surface area (Å²) in [5, 5.41) is 0.635. The van der Waals surface area contributed by atoms with Crippen molar-refractivity contribution in [2.45, 2.75) is 17.7 Å². The monoisotopic (exact) mass is 279 g/mol. The molecule has 0 amide bonds. The number of ether oxygens (including phenoxy) is 1. The Morgan fingerprint density at radius 2 is 2.21 bits per heavy atom. The minimum atomic E-state index is -0.479. The zero-order chi connectivity index (χ0) is 13.8. The van der Waals surface area contributed by atoms with E-state index < -0.39 is 5.97 Å². The maximum atomic E-state index is 11.4. The number of methoxy groups -OCH3 is 1. The predicted molar refractivity (Wildman–Crippen MR) is 70.8 cm³/mol.